The van der Waals surface area contributed by atoms with Crippen molar-refractivity contribution < 1.29 is 22.3 Å². The highest BCUT2D eigenvalue weighted by molar-refractivity contribution is 7.92. The first-order chi connectivity index (χ1) is 13.4. The van der Waals surface area contributed by atoms with Gasteiger partial charge in [0.1, 0.15) is 11.6 Å². The lowest BCUT2D eigenvalue weighted by molar-refractivity contribution is -0.117. The van der Waals surface area contributed by atoms with Gasteiger partial charge in [0.15, 0.2) is 0 Å². The predicted molar refractivity (Wildman–Crippen MR) is 105 cm³/mol. The molecule has 2 aromatic carbocycles. The first-order valence-corrected chi connectivity index (χ1v) is 10.6. The van der Waals surface area contributed by atoms with Gasteiger partial charge in [0.05, 0.1) is 17.7 Å². The zero-order valence-electron chi connectivity index (χ0n) is 15.6. The molecule has 0 saturated heterocycles. The molecule has 0 radical (unpaired) electrons. The number of hydrogen-bond acceptors (Lipinski definition) is 4. The van der Waals surface area contributed by atoms with E-state index >= 15 is 0 Å². The van der Waals surface area contributed by atoms with Crippen LogP contribution in [0.4, 0.5) is 15.8 Å². The summed E-state index contributed by atoms with van der Waals surface area (Å²) in [5.74, 6) is 0.0992. The zero-order valence-corrected chi connectivity index (χ0v) is 16.4. The fourth-order valence-electron chi connectivity index (χ4n) is 3.37. The number of nitrogens with one attached hydrogen (secondary N) is 2. The van der Waals surface area contributed by atoms with Crippen molar-refractivity contribution in [3.63, 3.8) is 0 Å². The van der Waals surface area contributed by atoms with Crippen molar-refractivity contribution in [1.29, 1.82) is 0 Å². The van der Waals surface area contributed by atoms with Gasteiger partial charge in [0.2, 0.25) is 5.91 Å². The molecule has 0 bridgehead atoms. The summed E-state index contributed by atoms with van der Waals surface area (Å²) in [6, 6.07) is 9.24. The van der Waals surface area contributed by atoms with Crippen LogP contribution in [0.2, 0.25) is 0 Å². The smallest absolute Gasteiger partial charge is 0.262 e. The topological polar surface area (TPSA) is 84.5 Å². The van der Waals surface area contributed by atoms with E-state index in [1.807, 2.05) is 0 Å². The van der Waals surface area contributed by atoms with E-state index in [0.29, 0.717) is 23.8 Å². The minimum atomic E-state index is -3.94. The number of anilines is 2. The van der Waals surface area contributed by atoms with Crippen LogP contribution in [0.25, 0.3) is 0 Å². The monoisotopic (exact) mass is 406 g/mol. The number of carbonyl (C=O) groups is 1. The third-order valence-electron chi connectivity index (χ3n) is 4.80. The molecule has 6 nitrogen and oxygen atoms in total. The van der Waals surface area contributed by atoms with Crippen LogP contribution >= 0.6 is 0 Å². The van der Waals surface area contributed by atoms with Crippen LogP contribution in [0.1, 0.15) is 32.1 Å². The van der Waals surface area contributed by atoms with Gasteiger partial charge >= 0.3 is 0 Å². The van der Waals surface area contributed by atoms with Crippen LogP contribution in [0, 0.1) is 11.7 Å². The maximum atomic E-state index is 13.1. The number of sulfonamides is 1. The molecular formula is C20H23FN2O4S. The minimum absolute atomic E-state index is 0.0772. The molecule has 150 valence electrons. The number of amides is 1. The molecule has 2 aromatic rings. The fraction of sp³-hybridized carbons (Fsp3) is 0.350. The molecule has 3 rings (SSSR count). The third kappa shape index (κ3) is 5.01. The zero-order chi connectivity index (χ0) is 20.1. The predicted octanol–water partition coefficient (Wildman–Crippen LogP) is 4.15. The lowest BCUT2D eigenvalue weighted by Crippen LogP contribution is -2.16. The summed E-state index contributed by atoms with van der Waals surface area (Å²) >= 11 is 0. The van der Waals surface area contributed by atoms with Gasteiger partial charge in [-0.05, 0) is 61.2 Å². The van der Waals surface area contributed by atoms with E-state index in [4.69, 9.17) is 4.74 Å². The molecule has 28 heavy (non-hydrogen) atoms. The van der Waals surface area contributed by atoms with E-state index in [-0.39, 0.29) is 16.5 Å². The highest BCUT2D eigenvalue weighted by Gasteiger charge is 2.20. The number of rotatable bonds is 7. The highest BCUT2D eigenvalue weighted by atomic mass is 32.2. The van der Waals surface area contributed by atoms with Gasteiger partial charge in [-0.25, -0.2) is 12.8 Å². The molecule has 0 unspecified atom stereocenters. The Kier molecular flexibility index (Phi) is 6.18. The Morgan fingerprint density at radius 1 is 1.14 bits per heavy atom. The summed E-state index contributed by atoms with van der Waals surface area (Å²) in [4.78, 5) is 12.2. The van der Waals surface area contributed by atoms with E-state index in [2.05, 4.69) is 10.0 Å². The highest BCUT2D eigenvalue weighted by Crippen LogP contribution is 2.31. The number of ether oxygens (including phenoxy) is 1. The average Bonchev–Trinajstić information content (AvgIpc) is 3.15. The standard InChI is InChI=1S/C20H23FN2O4S/c1-27-19-11-8-16(22-20(24)12-14-4-2-3-5-14)13-18(19)23-28(25,26)17-9-6-15(21)7-10-17/h6-11,13-14,23H,2-5,12H2,1H3,(H,22,24). The van der Waals surface area contributed by atoms with E-state index in [1.165, 1.54) is 25.3 Å². The molecule has 0 heterocycles. The van der Waals surface area contributed by atoms with Crippen molar-refractivity contribution in [3.05, 3.63) is 48.3 Å². The second kappa shape index (κ2) is 8.60. The summed E-state index contributed by atoms with van der Waals surface area (Å²) in [5.41, 5.74) is 0.658. The molecule has 0 aliphatic heterocycles. The van der Waals surface area contributed by atoms with Crippen molar-refractivity contribution in [2.24, 2.45) is 5.92 Å². The maximum absolute atomic E-state index is 13.1. The van der Waals surface area contributed by atoms with Gasteiger partial charge in [0.25, 0.3) is 10.0 Å². The molecule has 0 spiro atoms. The number of hydrogen-bond donors (Lipinski definition) is 2. The molecule has 1 aliphatic rings. The van der Waals surface area contributed by atoms with Gasteiger partial charge in [-0.2, -0.15) is 0 Å². The molecule has 1 amide bonds. The van der Waals surface area contributed by atoms with Gasteiger partial charge in [-0.15, -0.1) is 0 Å². The van der Waals surface area contributed by atoms with Crippen LogP contribution in [0.5, 0.6) is 5.75 Å². The van der Waals surface area contributed by atoms with Crippen LogP contribution in [0.15, 0.2) is 47.4 Å². The van der Waals surface area contributed by atoms with Crippen molar-refractivity contribution in [1.82, 2.24) is 0 Å². The number of carbonyl (C=O) groups excluding carboxylic acids is 1. The largest absolute Gasteiger partial charge is 0.495 e. The van der Waals surface area contributed by atoms with Crippen LogP contribution in [0.3, 0.4) is 0 Å². The normalized spacial score (nSPS) is 14.6. The van der Waals surface area contributed by atoms with E-state index in [9.17, 15) is 17.6 Å². The Balaban J connectivity index is 1.76. The molecule has 1 fully saturated rings. The quantitative estimate of drug-likeness (QED) is 0.723. The number of benzene rings is 2. The first kappa shape index (κ1) is 20.1. The van der Waals surface area contributed by atoms with Gasteiger partial charge in [0, 0.05) is 12.1 Å². The Labute approximate surface area is 164 Å². The SMILES string of the molecule is COc1ccc(NC(=O)CC2CCCC2)cc1NS(=O)(=O)c1ccc(F)cc1. The molecule has 1 aliphatic carbocycles. The Bertz CT molecular complexity index is 939. The molecule has 1 saturated carbocycles. The molecule has 8 heteroatoms. The molecule has 0 aromatic heterocycles. The van der Waals surface area contributed by atoms with Crippen molar-refractivity contribution in [2.75, 3.05) is 17.1 Å². The lowest BCUT2D eigenvalue weighted by Gasteiger charge is -2.15. The number of halogens is 1. The van der Waals surface area contributed by atoms with Gasteiger partial charge in [-0.1, -0.05) is 12.8 Å². The van der Waals surface area contributed by atoms with Crippen LogP contribution in [-0.4, -0.2) is 21.4 Å². The number of methoxy groups -OCH3 is 1. The van der Waals surface area contributed by atoms with Crippen molar-refractivity contribution in [2.45, 2.75) is 37.0 Å². The Morgan fingerprint density at radius 3 is 2.46 bits per heavy atom. The van der Waals surface area contributed by atoms with Gasteiger partial charge in [-0.3, -0.25) is 9.52 Å². The summed E-state index contributed by atoms with van der Waals surface area (Å²) in [7, 11) is -2.52. The Hall–Kier alpha value is -2.61. The first-order valence-electron chi connectivity index (χ1n) is 9.13. The van der Waals surface area contributed by atoms with Crippen molar-refractivity contribution >= 4 is 27.3 Å². The Morgan fingerprint density at radius 2 is 1.82 bits per heavy atom. The summed E-state index contributed by atoms with van der Waals surface area (Å²) in [5, 5.41) is 2.81. The van der Waals surface area contributed by atoms with E-state index < -0.39 is 15.8 Å². The molecule has 2 N–H and O–H groups in total. The molecular weight excluding hydrogens is 383 g/mol. The van der Waals surface area contributed by atoms with Crippen LogP contribution in [-0.2, 0) is 14.8 Å². The summed E-state index contributed by atoms with van der Waals surface area (Å²) in [6.45, 7) is 0. The summed E-state index contributed by atoms with van der Waals surface area (Å²) < 4.78 is 45.8. The third-order valence-corrected chi connectivity index (χ3v) is 6.18. The second-order valence-corrected chi connectivity index (χ2v) is 8.56. The van der Waals surface area contributed by atoms with E-state index in [1.54, 1.807) is 12.1 Å². The second-order valence-electron chi connectivity index (χ2n) is 6.88. The fourth-order valence-corrected chi connectivity index (χ4v) is 4.43. The molecule has 0 atom stereocenters. The van der Waals surface area contributed by atoms with Crippen LogP contribution < -0.4 is 14.8 Å². The lowest BCUT2D eigenvalue weighted by atomic mass is 10.0. The van der Waals surface area contributed by atoms with Gasteiger partial charge < -0.3 is 10.1 Å². The summed E-state index contributed by atoms with van der Waals surface area (Å²) in [6.07, 6.45) is 4.92. The maximum Gasteiger partial charge on any atom is 0.262 e. The average molecular weight is 406 g/mol. The van der Waals surface area contributed by atoms with Crippen molar-refractivity contribution in [3.8, 4) is 5.75 Å². The van der Waals surface area contributed by atoms with E-state index in [0.717, 1.165) is 37.8 Å². The minimum Gasteiger partial charge on any atom is -0.495 e.